The minimum Gasteiger partial charge on any atom is -0.349 e. The topological polar surface area (TPSA) is 59.1 Å². The van der Waals surface area contributed by atoms with Crippen molar-refractivity contribution in [2.75, 3.05) is 0 Å². The summed E-state index contributed by atoms with van der Waals surface area (Å²) in [5, 5.41) is 3.45. The van der Waals surface area contributed by atoms with Gasteiger partial charge < -0.3 is 10.1 Å². The molecule has 102 valence electrons. The standard InChI is InChI=1S/C14H17ClN2O2/c1-9-13(6-11(15)7-16-9)14(19)17-12-4-2-10(8-18)3-5-12/h6-8,10,12H,2-5H2,1H3,(H,17,19). The van der Waals surface area contributed by atoms with Crippen LogP contribution in [0.4, 0.5) is 0 Å². The summed E-state index contributed by atoms with van der Waals surface area (Å²) in [7, 11) is 0. The van der Waals surface area contributed by atoms with Crippen LogP contribution in [0.15, 0.2) is 12.3 Å². The van der Waals surface area contributed by atoms with E-state index in [9.17, 15) is 9.59 Å². The Morgan fingerprint density at radius 2 is 2.11 bits per heavy atom. The molecule has 1 aliphatic rings. The second-order valence-corrected chi connectivity index (χ2v) is 5.44. The minimum atomic E-state index is -0.137. The first-order valence-electron chi connectivity index (χ1n) is 6.48. The van der Waals surface area contributed by atoms with Crippen LogP contribution in [0.1, 0.15) is 41.7 Å². The molecular weight excluding hydrogens is 264 g/mol. The predicted molar refractivity (Wildman–Crippen MR) is 73.3 cm³/mol. The largest absolute Gasteiger partial charge is 0.349 e. The Labute approximate surface area is 117 Å². The number of amides is 1. The number of nitrogens with one attached hydrogen (secondary N) is 1. The molecule has 1 amide bonds. The van der Waals surface area contributed by atoms with Gasteiger partial charge in [0, 0.05) is 18.2 Å². The third kappa shape index (κ3) is 3.53. The summed E-state index contributed by atoms with van der Waals surface area (Å²) in [6, 6.07) is 1.78. The maximum atomic E-state index is 12.2. The van der Waals surface area contributed by atoms with E-state index in [0.717, 1.165) is 32.0 Å². The molecule has 0 aromatic carbocycles. The van der Waals surface area contributed by atoms with Crippen molar-refractivity contribution in [1.29, 1.82) is 0 Å². The van der Waals surface area contributed by atoms with Gasteiger partial charge in [-0.2, -0.15) is 0 Å². The van der Waals surface area contributed by atoms with Crippen molar-refractivity contribution in [3.63, 3.8) is 0 Å². The first-order valence-corrected chi connectivity index (χ1v) is 6.86. The van der Waals surface area contributed by atoms with Crippen LogP contribution in [0.25, 0.3) is 0 Å². The molecule has 2 rings (SSSR count). The lowest BCUT2D eigenvalue weighted by atomic mass is 9.87. The third-order valence-corrected chi connectivity index (χ3v) is 3.80. The van der Waals surface area contributed by atoms with Gasteiger partial charge in [-0.3, -0.25) is 9.78 Å². The summed E-state index contributed by atoms with van der Waals surface area (Å²) in [6.45, 7) is 1.79. The Hall–Kier alpha value is -1.42. The molecule has 0 unspecified atom stereocenters. The number of pyridine rings is 1. The average Bonchev–Trinajstić information content (AvgIpc) is 2.42. The van der Waals surface area contributed by atoms with Crippen LogP contribution in [0.2, 0.25) is 5.02 Å². The first kappa shape index (κ1) is 14.0. The molecule has 0 bridgehead atoms. The molecule has 0 radical (unpaired) electrons. The van der Waals surface area contributed by atoms with Crippen LogP contribution in [-0.2, 0) is 4.79 Å². The highest BCUT2D eigenvalue weighted by atomic mass is 35.5. The molecule has 1 aromatic rings. The lowest BCUT2D eigenvalue weighted by Gasteiger charge is -2.26. The van der Waals surface area contributed by atoms with E-state index in [0.29, 0.717) is 16.3 Å². The highest BCUT2D eigenvalue weighted by Gasteiger charge is 2.23. The number of aryl methyl sites for hydroxylation is 1. The molecule has 5 heteroatoms. The van der Waals surface area contributed by atoms with E-state index in [1.807, 2.05) is 0 Å². The van der Waals surface area contributed by atoms with E-state index in [-0.39, 0.29) is 17.9 Å². The smallest absolute Gasteiger partial charge is 0.253 e. The molecule has 1 heterocycles. The van der Waals surface area contributed by atoms with E-state index < -0.39 is 0 Å². The molecule has 1 aliphatic carbocycles. The van der Waals surface area contributed by atoms with Crippen molar-refractivity contribution in [2.45, 2.75) is 38.6 Å². The molecule has 0 aliphatic heterocycles. The second-order valence-electron chi connectivity index (χ2n) is 5.01. The van der Waals surface area contributed by atoms with Gasteiger partial charge in [0.1, 0.15) is 6.29 Å². The maximum absolute atomic E-state index is 12.2. The SMILES string of the molecule is Cc1ncc(Cl)cc1C(=O)NC1CCC(C=O)CC1. The highest BCUT2D eigenvalue weighted by molar-refractivity contribution is 6.30. The van der Waals surface area contributed by atoms with E-state index in [1.165, 1.54) is 6.20 Å². The van der Waals surface area contributed by atoms with Gasteiger partial charge in [0.05, 0.1) is 16.3 Å². The number of rotatable bonds is 3. The summed E-state index contributed by atoms with van der Waals surface area (Å²) >= 11 is 5.86. The highest BCUT2D eigenvalue weighted by Crippen LogP contribution is 2.23. The summed E-state index contributed by atoms with van der Waals surface area (Å²) in [6.07, 6.45) is 5.94. The third-order valence-electron chi connectivity index (χ3n) is 3.60. The Balaban J connectivity index is 1.98. The minimum absolute atomic E-state index is 0.137. The van der Waals surface area contributed by atoms with Gasteiger partial charge in [-0.05, 0) is 38.7 Å². The Morgan fingerprint density at radius 3 is 2.74 bits per heavy atom. The van der Waals surface area contributed by atoms with Gasteiger partial charge in [0.15, 0.2) is 0 Å². The van der Waals surface area contributed by atoms with Crippen LogP contribution in [-0.4, -0.2) is 23.2 Å². The van der Waals surface area contributed by atoms with Crippen LogP contribution in [0.3, 0.4) is 0 Å². The molecule has 0 saturated heterocycles. The molecular formula is C14H17ClN2O2. The fourth-order valence-electron chi connectivity index (χ4n) is 2.40. The number of carbonyl (C=O) groups excluding carboxylic acids is 2. The molecule has 19 heavy (non-hydrogen) atoms. The first-order chi connectivity index (χ1) is 9.10. The number of halogens is 1. The van der Waals surface area contributed by atoms with Crippen molar-refractivity contribution in [3.8, 4) is 0 Å². The Kier molecular flexibility index (Phi) is 4.53. The number of hydrogen-bond donors (Lipinski definition) is 1. The predicted octanol–water partition coefficient (Wildman–Crippen LogP) is 2.53. The van der Waals surface area contributed by atoms with Crippen LogP contribution < -0.4 is 5.32 Å². The zero-order valence-electron chi connectivity index (χ0n) is 10.9. The van der Waals surface area contributed by atoms with Gasteiger partial charge in [-0.15, -0.1) is 0 Å². The number of carbonyl (C=O) groups is 2. The van der Waals surface area contributed by atoms with E-state index in [4.69, 9.17) is 11.6 Å². The zero-order chi connectivity index (χ0) is 13.8. The summed E-state index contributed by atoms with van der Waals surface area (Å²) < 4.78 is 0. The van der Waals surface area contributed by atoms with Crippen molar-refractivity contribution in [2.24, 2.45) is 5.92 Å². The molecule has 4 nitrogen and oxygen atoms in total. The summed E-state index contributed by atoms with van der Waals surface area (Å²) in [4.78, 5) is 26.9. The number of aldehydes is 1. The average molecular weight is 281 g/mol. The van der Waals surface area contributed by atoms with Crippen LogP contribution in [0.5, 0.6) is 0 Å². The van der Waals surface area contributed by atoms with Crippen LogP contribution >= 0.6 is 11.6 Å². The van der Waals surface area contributed by atoms with Crippen molar-refractivity contribution >= 4 is 23.8 Å². The number of hydrogen-bond acceptors (Lipinski definition) is 3. The van der Waals surface area contributed by atoms with E-state index in [2.05, 4.69) is 10.3 Å². The Morgan fingerprint density at radius 1 is 1.42 bits per heavy atom. The lowest BCUT2D eigenvalue weighted by Crippen LogP contribution is -2.38. The maximum Gasteiger partial charge on any atom is 0.253 e. The number of aromatic nitrogens is 1. The van der Waals surface area contributed by atoms with Gasteiger partial charge in [0.25, 0.3) is 5.91 Å². The molecule has 0 atom stereocenters. The summed E-state index contributed by atoms with van der Waals surface area (Å²) in [5.74, 6) is 0.0183. The normalized spacial score (nSPS) is 22.8. The lowest BCUT2D eigenvalue weighted by molar-refractivity contribution is -0.111. The fraction of sp³-hybridized carbons (Fsp3) is 0.500. The molecule has 1 aromatic heterocycles. The fourth-order valence-corrected chi connectivity index (χ4v) is 2.56. The monoisotopic (exact) mass is 280 g/mol. The zero-order valence-corrected chi connectivity index (χ0v) is 11.6. The molecule has 0 spiro atoms. The van der Waals surface area contributed by atoms with Crippen molar-refractivity contribution < 1.29 is 9.59 Å². The van der Waals surface area contributed by atoms with Crippen molar-refractivity contribution in [3.05, 3.63) is 28.5 Å². The van der Waals surface area contributed by atoms with Gasteiger partial charge in [-0.1, -0.05) is 11.6 Å². The summed E-state index contributed by atoms with van der Waals surface area (Å²) in [5.41, 5.74) is 1.19. The van der Waals surface area contributed by atoms with E-state index in [1.54, 1.807) is 13.0 Å². The quantitative estimate of drug-likeness (QED) is 0.866. The van der Waals surface area contributed by atoms with Crippen molar-refractivity contribution in [1.82, 2.24) is 10.3 Å². The molecule has 1 saturated carbocycles. The van der Waals surface area contributed by atoms with Gasteiger partial charge >= 0.3 is 0 Å². The van der Waals surface area contributed by atoms with Gasteiger partial charge in [0.2, 0.25) is 0 Å². The van der Waals surface area contributed by atoms with Gasteiger partial charge in [-0.25, -0.2) is 0 Å². The Bertz CT molecular complexity index is 482. The number of nitrogens with zero attached hydrogens (tertiary/aromatic N) is 1. The molecule has 1 fully saturated rings. The molecule has 1 N–H and O–H groups in total. The second kappa shape index (κ2) is 6.15. The van der Waals surface area contributed by atoms with E-state index >= 15 is 0 Å². The van der Waals surface area contributed by atoms with Crippen LogP contribution in [0, 0.1) is 12.8 Å².